The SMILES string of the molecule is NCC(CCCc1ccccc1)c1ccc(Br)cc1. The molecule has 1 unspecified atom stereocenters. The Morgan fingerprint density at radius 1 is 0.947 bits per heavy atom. The van der Waals surface area contributed by atoms with E-state index >= 15 is 0 Å². The first-order valence-corrected chi connectivity index (χ1v) is 7.58. The third-order valence-corrected chi connectivity index (χ3v) is 4.02. The Bertz CT molecular complexity index is 478. The summed E-state index contributed by atoms with van der Waals surface area (Å²) in [6.45, 7) is 0.719. The molecule has 1 atom stereocenters. The second-order valence-corrected chi connectivity index (χ2v) is 5.78. The molecule has 0 radical (unpaired) electrons. The lowest BCUT2D eigenvalue weighted by Crippen LogP contribution is -2.12. The monoisotopic (exact) mass is 317 g/mol. The van der Waals surface area contributed by atoms with Gasteiger partial charge in [-0.3, -0.25) is 0 Å². The van der Waals surface area contributed by atoms with E-state index in [9.17, 15) is 0 Å². The summed E-state index contributed by atoms with van der Waals surface area (Å²) >= 11 is 3.47. The van der Waals surface area contributed by atoms with Gasteiger partial charge in [0.2, 0.25) is 0 Å². The smallest absolute Gasteiger partial charge is 0.0175 e. The lowest BCUT2D eigenvalue weighted by atomic mass is 9.93. The van der Waals surface area contributed by atoms with Gasteiger partial charge in [-0.15, -0.1) is 0 Å². The molecular formula is C17H20BrN. The zero-order valence-corrected chi connectivity index (χ0v) is 12.6. The van der Waals surface area contributed by atoms with Crippen molar-refractivity contribution < 1.29 is 0 Å². The molecule has 0 aliphatic rings. The maximum atomic E-state index is 5.91. The molecule has 0 saturated carbocycles. The molecule has 19 heavy (non-hydrogen) atoms. The van der Waals surface area contributed by atoms with E-state index in [4.69, 9.17) is 5.73 Å². The van der Waals surface area contributed by atoms with Crippen LogP contribution in [0.4, 0.5) is 0 Å². The maximum Gasteiger partial charge on any atom is 0.0175 e. The van der Waals surface area contributed by atoms with E-state index < -0.39 is 0 Å². The van der Waals surface area contributed by atoms with Crippen molar-refractivity contribution in [1.82, 2.24) is 0 Å². The second kappa shape index (κ2) is 7.46. The highest BCUT2D eigenvalue weighted by atomic mass is 79.9. The van der Waals surface area contributed by atoms with Crippen LogP contribution in [0.3, 0.4) is 0 Å². The highest BCUT2D eigenvalue weighted by Gasteiger charge is 2.09. The van der Waals surface area contributed by atoms with E-state index in [0.29, 0.717) is 5.92 Å². The molecule has 100 valence electrons. The van der Waals surface area contributed by atoms with Crippen LogP contribution in [-0.2, 0) is 6.42 Å². The minimum Gasteiger partial charge on any atom is -0.330 e. The number of rotatable bonds is 6. The molecule has 0 spiro atoms. The van der Waals surface area contributed by atoms with Gasteiger partial charge in [-0.1, -0.05) is 58.4 Å². The first kappa shape index (κ1) is 14.3. The summed E-state index contributed by atoms with van der Waals surface area (Å²) in [6, 6.07) is 19.2. The fraction of sp³-hybridized carbons (Fsp3) is 0.294. The quantitative estimate of drug-likeness (QED) is 0.833. The zero-order valence-electron chi connectivity index (χ0n) is 11.1. The van der Waals surface area contributed by atoms with Crippen molar-refractivity contribution >= 4 is 15.9 Å². The van der Waals surface area contributed by atoms with Crippen LogP contribution in [0, 0.1) is 0 Å². The van der Waals surface area contributed by atoms with Gasteiger partial charge in [-0.2, -0.15) is 0 Å². The Morgan fingerprint density at radius 3 is 2.26 bits per heavy atom. The van der Waals surface area contributed by atoms with Crippen molar-refractivity contribution in [1.29, 1.82) is 0 Å². The van der Waals surface area contributed by atoms with E-state index in [-0.39, 0.29) is 0 Å². The highest BCUT2D eigenvalue weighted by molar-refractivity contribution is 9.10. The average Bonchev–Trinajstić information content (AvgIpc) is 2.46. The Balaban J connectivity index is 1.87. The number of aryl methyl sites for hydroxylation is 1. The minimum atomic E-state index is 0.469. The van der Waals surface area contributed by atoms with Crippen molar-refractivity contribution in [3.8, 4) is 0 Å². The highest BCUT2D eigenvalue weighted by Crippen LogP contribution is 2.23. The largest absolute Gasteiger partial charge is 0.330 e. The number of hydrogen-bond donors (Lipinski definition) is 1. The Hall–Kier alpha value is -1.12. The van der Waals surface area contributed by atoms with E-state index in [2.05, 4.69) is 70.5 Å². The van der Waals surface area contributed by atoms with E-state index in [0.717, 1.165) is 23.9 Å². The molecule has 0 fully saturated rings. The lowest BCUT2D eigenvalue weighted by molar-refractivity contribution is 0.599. The van der Waals surface area contributed by atoms with Crippen molar-refractivity contribution in [2.24, 2.45) is 5.73 Å². The van der Waals surface area contributed by atoms with Gasteiger partial charge in [0.25, 0.3) is 0 Å². The summed E-state index contributed by atoms with van der Waals surface area (Å²) in [5.74, 6) is 0.469. The summed E-state index contributed by atoms with van der Waals surface area (Å²) in [6.07, 6.45) is 3.46. The molecule has 2 rings (SSSR count). The molecule has 2 aromatic carbocycles. The summed E-state index contributed by atoms with van der Waals surface area (Å²) in [4.78, 5) is 0. The van der Waals surface area contributed by atoms with Crippen LogP contribution >= 0.6 is 15.9 Å². The van der Waals surface area contributed by atoms with Crippen LogP contribution in [0.15, 0.2) is 59.1 Å². The van der Waals surface area contributed by atoms with Crippen LogP contribution in [0.2, 0.25) is 0 Å². The Morgan fingerprint density at radius 2 is 1.63 bits per heavy atom. The van der Waals surface area contributed by atoms with Gasteiger partial charge in [0.05, 0.1) is 0 Å². The third kappa shape index (κ3) is 4.48. The molecule has 0 aliphatic carbocycles. The second-order valence-electron chi connectivity index (χ2n) is 4.86. The van der Waals surface area contributed by atoms with Crippen molar-refractivity contribution in [3.63, 3.8) is 0 Å². The standard InChI is InChI=1S/C17H20BrN/c18-17-11-9-15(10-12-17)16(13-19)8-4-7-14-5-2-1-3-6-14/h1-3,5-6,9-12,16H,4,7-8,13,19H2. The van der Waals surface area contributed by atoms with Gasteiger partial charge in [0, 0.05) is 4.47 Å². The van der Waals surface area contributed by atoms with Gasteiger partial charge in [-0.25, -0.2) is 0 Å². The molecule has 2 aromatic rings. The number of halogens is 1. The number of benzene rings is 2. The number of hydrogen-bond acceptors (Lipinski definition) is 1. The van der Waals surface area contributed by atoms with E-state index in [1.807, 2.05) is 0 Å². The van der Waals surface area contributed by atoms with Crippen molar-refractivity contribution in [3.05, 3.63) is 70.2 Å². The summed E-state index contributed by atoms with van der Waals surface area (Å²) in [7, 11) is 0. The van der Waals surface area contributed by atoms with Gasteiger partial charge in [-0.05, 0) is 55.0 Å². The predicted octanol–water partition coefficient (Wildman–Crippen LogP) is 4.51. The molecule has 0 aliphatic heterocycles. The maximum absolute atomic E-state index is 5.91. The molecule has 1 nitrogen and oxygen atoms in total. The van der Waals surface area contributed by atoms with Crippen LogP contribution in [0.1, 0.15) is 29.9 Å². The minimum absolute atomic E-state index is 0.469. The third-order valence-electron chi connectivity index (χ3n) is 3.49. The predicted molar refractivity (Wildman–Crippen MR) is 85.3 cm³/mol. The molecule has 0 heterocycles. The van der Waals surface area contributed by atoms with Crippen molar-refractivity contribution in [2.75, 3.05) is 6.54 Å². The summed E-state index contributed by atoms with van der Waals surface area (Å²) in [5, 5.41) is 0. The summed E-state index contributed by atoms with van der Waals surface area (Å²) in [5.41, 5.74) is 8.67. The van der Waals surface area contributed by atoms with E-state index in [1.54, 1.807) is 0 Å². The van der Waals surface area contributed by atoms with Crippen LogP contribution in [-0.4, -0.2) is 6.54 Å². The molecule has 2 N–H and O–H groups in total. The molecule has 0 amide bonds. The van der Waals surface area contributed by atoms with Crippen molar-refractivity contribution in [2.45, 2.75) is 25.2 Å². The fourth-order valence-corrected chi connectivity index (χ4v) is 2.62. The van der Waals surface area contributed by atoms with Crippen LogP contribution in [0.25, 0.3) is 0 Å². The molecule has 2 heteroatoms. The van der Waals surface area contributed by atoms with Crippen LogP contribution in [0.5, 0.6) is 0 Å². The Kier molecular flexibility index (Phi) is 5.62. The van der Waals surface area contributed by atoms with Crippen LogP contribution < -0.4 is 5.73 Å². The number of nitrogens with two attached hydrogens (primary N) is 1. The molecule has 0 bridgehead atoms. The fourth-order valence-electron chi connectivity index (χ4n) is 2.35. The Labute approximate surface area is 124 Å². The van der Waals surface area contributed by atoms with Gasteiger partial charge in [0.1, 0.15) is 0 Å². The zero-order chi connectivity index (χ0) is 13.5. The molecule has 0 saturated heterocycles. The lowest BCUT2D eigenvalue weighted by Gasteiger charge is -2.15. The average molecular weight is 318 g/mol. The molecule has 0 aromatic heterocycles. The normalized spacial score (nSPS) is 12.3. The van der Waals surface area contributed by atoms with Gasteiger partial charge in [0.15, 0.2) is 0 Å². The summed E-state index contributed by atoms with van der Waals surface area (Å²) < 4.78 is 1.12. The van der Waals surface area contributed by atoms with Gasteiger partial charge >= 0.3 is 0 Å². The topological polar surface area (TPSA) is 26.0 Å². The van der Waals surface area contributed by atoms with E-state index in [1.165, 1.54) is 17.5 Å². The van der Waals surface area contributed by atoms with Gasteiger partial charge < -0.3 is 5.73 Å². The molecular weight excluding hydrogens is 298 g/mol. The first-order chi connectivity index (χ1) is 9.29. The first-order valence-electron chi connectivity index (χ1n) is 6.79.